The van der Waals surface area contributed by atoms with Gasteiger partial charge in [0.05, 0.1) is 66.9 Å². The molecular weight excluding hydrogens is 857 g/mol. The first kappa shape index (κ1) is 38.4. The first-order valence-corrected chi connectivity index (χ1v) is 23.6. The largest absolute Gasteiger partial charge is 0.294 e. The molecule has 8 aromatic heterocycles. The lowest BCUT2D eigenvalue weighted by Gasteiger charge is -2.12. The summed E-state index contributed by atoms with van der Waals surface area (Å²) in [5.41, 5.74) is 12.0. The van der Waals surface area contributed by atoms with Gasteiger partial charge < -0.3 is 0 Å². The number of fused-ring (bicyclic) bond motifs is 12. The molecule has 0 radical (unpaired) electrons. The fraction of sp³-hybridized carbons (Fsp3) is 0. The second-order valence-corrected chi connectivity index (χ2v) is 17.9. The van der Waals surface area contributed by atoms with Crippen LogP contribution in [-0.2, 0) is 0 Å². The van der Waals surface area contributed by atoms with Gasteiger partial charge in [0.15, 0.2) is 0 Å². The molecule has 0 bridgehead atoms. The standard InChI is InChI=1S/C62H38N8/c1-7-27-51-39(17-1)40-18-2-8-28-52(40)67(51)59-33-13-23-47(63-59)49-25-15-35-61(65-49)69-55-31-11-5-21-43(55)45-38-58-46(37-57(45)69)44-22-6-12-32-56(44)70(58)62-36-16-26-50(66-62)48-24-14-34-60(64-48)68-53-29-9-3-19-41(53)42-20-4-10-30-54(42)68/h1-38H. The molecule has 15 rings (SSSR count). The summed E-state index contributed by atoms with van der Waals surface area (Å²) in [6, 6.07) is 80.9. The van der Waals surface area contributed by atoms with Crippen LogP contribution in [0.25, 0.3) is 133 Å². The third kappa shape index (κ3) is 5.64. The van der Waals surface area contributed by atoms with E-state index in [0.717, 1.165) is 112 Å². The van der Waals surface area contributed by atoms with Gasteiger partial charge in [-0.15, -0.1) is 0 Å². The Kier molecular flexibility index (Phi) is 8.20. The summed E-state index contributed by atoms with van der Waals surface area (Å²) in [5.74, 6) is 3.34. The first-order valence-electron chi connectivity index (χ1n) is 23.6. The van der Waals surface area contributed by atoms with Crippen LogP contribution in [0, 0.1) is 0 Å². The van der Waals surface area contributed by atoms with Crippen molar-refractivity contribution >= 4 is 87.2 Å². The molecule has 8 heteroatoms. The number of pyridine rings is 4. The normalized spacial score (nSPS) is 12.0. The number of benzene rings is 7. The molecule has 0 amide bonds. The van der Waals surface area contributed by atoms with Crippen molar-refractivity contribution in [3.63, 3.8) is 0 Å². The molecule has 0 saturated heterocycles. The van der Waals surface area contributed by atoms with Crippen LogP contribution in [0.3, 0.4) is 0 Å². The maximum atomic E-state index is 5.39. The highest BCUT2D eigenvalue weighted by Crippen LogP contribution is 2.40. The van der Waals surface area contributed by atoms with Crippen LogP contribution < -0.4 is 0 Å². The topological polar surface area (TPSA) is 71.3 Å². The molecule has 0 unspecified atom stereocenters. The summed E-state index contributed by atoms with van der Waals surface area (Å²) in [5, 5.41) is 9.35. The lowest BCUT2D eigenvalue weighted by Crippen LogP contribution is -2.02. The van der Waals surface area contributed by atoms with Gasteiger partial charge in [0.2, 0.25) is 0 Å². The summed E-state index contributed by atoms with van der Waals surface area (Å²) in [4.78, 5) is 21.3. The van der Waals surface area contributed by atoms with Crippen molar-refractivity contribution < 1.29 is 0 Å². The minimum Gasteiger partial charge on any atom is -0.294 e. The van der Waals surface area contributed by atoms with E-state index in [1.165, 1.54) is 21.5 Å². The third-order valence-electron chi connectivity index (χ3n) is 14.0. The molecule has 0 atom stereocenters. The zero-order valence-electron chi connectivity index (χ0n) is 37.5. The summed E-state index contributed by atoms with van der Waals surface area (Å²) in [6.07, 6.45) is 0. The Balaban J connectivity index is 0.870. The summed E-state index contributed by atoms with van der Waals surface area (Å²) < 4.78 is 9.10. The number of nitrogens with zero attached hydrogens (tertiary/aromatic N) is 8. The van der Waals surface area contributed by atoms with Gasteiger partial charge >= 0.3 is 0 Å². The molecule has 326 valence electrons. The maximum absolute atomic E-state index is 5.39. The highest BCUT2D eigenvalue weighted by atomic mass is 15.1. The van der Waals surface area contributed by atoms with Crippen molar-refractivity contribution in [1.29, 1.82) is 0 Å². The van der Waals surface area contributed by atoms with E-state index in [-0.39, 0.29) is 0 Å². The van der Waals surface area contributed by atoms with E-state index < -0.39 is 0 Å². The van der Waals surface area contributed by atoms with Gasteiger partial charge in [-0.25, -0.2) is 19.9 Å². The van der Waals surface area contributed by atoms with Crippen molar-refractivity contribution in [1.82, 2.24) is 38.2 Å². The Morgan fingerprint density at radius 3 is 0.657 bits per heavy atom. The Morgan fingerprint density at radius 1 is 0.186 bits per heavy atom. The third-order valence-corrected chi connectivity index (χ3v) is 14.0. The molecular formula is C62H38N8. The van der Waals surface area contributed by atoms with E-state index in [0.29, 0.717) is 0 Å². The van der Waals surface area contributed by atoms with Gasteiger partial charge in [0.25, 0.3) is 0 Å². The molecule has 0 N–H and O–H groups in total. The average molecular weight is 895 g/mol. The second-order valence-electron chi connectivity index (χ2n) is 17.9. The van der Waals surface area contributed by atoms with E-state index in [4.69, 9.17) is 19.9 Å². The molecule has 0 aliphatic rings. The van der Waals surface area contributed by atoms with Crippen LogP contribution in [0.1, 0.15) is 0 Å². The monoisotopic (exact) mass is 894 g/mol. The highest BCUT2D eigenvalue weighted by Gasteiger charge is 2.21. The van der Waals surface area contributed by atoms with Crippen molar-refractivity contribution in [3.05, 3.63) is 231 Å². The smallest absolute Gasteiger partial charge is 0.138 e. The lowest BCUT2D eigenvalue weighted by molar-refractivity contribution is 1.05. The van der Waals surface area contributed by atoms with Gasteiger partial charge in [-0.05, 0) is 97.1 Å². The van der Waals surface area contributed by atoms with Gasteiger partial charge in [-0.3, -0.25) is 18.3 Å². The summed E-state index contributed by atoms with van der Waals surface area (Å²) in [7, 11) is 0. The molecule has 0 saturated carbocycles. The number of hydrogen-bond acceptors (Lipinski definition) is 4. The number of aromatic nitrogens is 8. The summed E-state index contributed by atoms with van der Waals surface area (Å²) in [6.45, 7) is 0. The summed E-state index contributed by atoms with van der Waals surface area (Å²) >= 11 is 0. The SMILES string of the molecule is c1cc(-c2cccc(-n3c4ccccc4c4cc5c(cc43)c3ccccc3n5-c3cccc(-c4cccc(-n5c6ccccc6c6ccccc65)n4)n3)n2)nc(-n2c3ccccc3c3ccccc32)c1. The zero-order chi connectivity index (χ0) is 45.9. The quantitative estimate of drug-likeness (QED) is 0.167. The molecule has 0 aliphatic heterocycles. The lowest BCUT2D eigenvalue weighted by atomic mass is 10.1. The van der Waals surface area contributed by atoms with Crippen LogP contribution in [0.4, 0.5) is 0 Å². The predicted molar refractivity (Wildman–Crippen MR) is 286 cm³/mol. The van der Waals surface area contributed by atoms with E-state index in [1.807, 2.05) is 0 Å². The molecule has 7 aromatic carbocycles. The first-order chi connectivity index (χ1) is 34.7. The van der Waals surface area contributed by atoms with E-state index >= 15 is 0 Å². The van der Waals surface area contributed by atoms with Crippen LogP contribution >= 0.6 is 0 Å². The van der Waals surface area contributed by atoms with E-state index in [9.17, 15) is 0 Å². The van der Waals surface area contributed by atoms with Crippen molar-refractivity contribution in [2.24, 2.45) is 0 Å². The van der Waals surface area contributed by atoms with Gasteiger partial charge in [0.1, 0.15) is 23.3 Å². The molecule has 0 fully saturated rings. The van der Waals surface area contributed by atoms with Crippen LogP contribution in [-0.4, -0.2) is 38.2 Å². The van der Waals surface area contributed by atoms with Crippen LogP contribution in [0.5, 0.6) is 0 Å². The number of para-hydroxylation sites is 6. The molecule has 8 nitrogen and oxygen atoms in total. The Morgan fingerprint density at radius 2 is 0.400 bits per heavy atom. The van der Waals surface area contributed by atoms with Crippen molar-refractivity contribution in [3.8, 4) is 46.0 Å². The molecule has 0 aliphatic carbocycles. The molecule has 70 heavy (non-hydrogen) atoms. The van der Waals surface area contributed by atoms with Crippen molar-refractivity contribution in [2.45, 2.75) is 0 Å². The Bertz CT molecular complexity index is 4220. The minimum atomic E-state index is 0.796. The van der Waals surface area contributed by atoms with Crippen molar-refractivity contribution in [2.75, 3.05) is 0 Å². The number of rotatable bonds is 6. The van der Waals surface area contributed by atoms with Gasteiger partial charge in [-0.2, -0.15) is 0 Å². The average Bonchev–Trinajstić information content (AvgIpc) is 4.15. The molecule has 0 spiro atoms. The second kappa shape index (κ2) is 14.9. The van der Waals surface area contributed by atoms with Gasteiger partial charge in [-0.1, -0.05) is 133 Å². The van der Waals surface area contributed by atoms with E-state index in [2.05, 4.69) is 249 Å². The molecule has 8 heterocycles. The Hall–Kier alpha value is -9.66. The fourth-order valence-corrected chi connectivity index (χ4v) is 11.0. The number of hydrogen-bond donors (Lipinski definition) is 0. The van der Waals surface area contributed by atoms with Crippen LogP contribution in [0.2, 0.25) is 0 Å². The highest BCUT2D eigenvalue weighted by molar-refractivity contribution is 6.19. The molecule has 15 aromatic rings. The van der Waals surface area contributed by atoms with Crippen LogP contribution in [0.15, 0.2) is 231 Å². The maximum Gasteiger partial charge on any atom is 0.138 e. The predicted octanol–water partition coefficient (Wildman–Crippen LogP) is 15.0. The van der Waals surface area contributed by atoms with Gasteiger partial charge in [0, 0.05) is 43.1 Å². The minimum absolute atomic E-state index is 0.796. The fourth-order valence-electron chi connectivity index (χ4n) is 11.0. The van der Waals surface area contributed by atoms with E-state index in [1.54, 1.807) is 0 Å². The zero-order valence-corrected chi connectivity index (χ0v) is 37.5. The Labute approximate surface area is 400 Å².